The minimum absolute atomic E-state index is 0.0239. The van der Waals surface area contributed by atoms with Gasteiger partial charge in [-0.05, 0) is 30.6 Å². The SMILES string of the molecule is CON(C)C(=O)CN1C(=O)NC2(CC(C)CC(C)(C)C2)C1=O. The summed E-state index contributed by atoms with van der Waals surface area (Å²) in [5.41, 5.74) is -0.895. The molecular formula is C15H25N3O4. The number of hydrogen-bond donors (Lipinski definition) is 1. The lowest BCUT2D eigenvalue weighted by Gasteiger charge is -2.43. The molecule has 2 aliphatic rings. The smallest absolute Gasteiger partial charge is 0.323 e. The van der Waals surface area contributed by atoms with Crippen molar-refractivity contribution < 1.29 is 19.2 Å². The van der Waals surface area contributed by atoms with E-state index in [4.69, 9.17) is 4.84 Å². The van der Waals surface area contributed by atoms with Crippen molar-refractivity contribution in [2.75, 3.05) is 20.7 Å². The molecule has 0 aromatic rings. The lowest BCUT2D eigenvalue weighted by molar-refractivity contribution is -0.170. The number of imide groups is 1. The minimum atomic E-state index is -0.871. The van der Waals surface area contributed by atoms with Crippen LogP contribution in [0, 0.1) is 11.3 Å². The molecule has 1 N–H and O–H groups in total. The molecule has 0 aromatic heterocycles. The fourth-order valence-electron chi connectivity index (χ4n) is 3.99. The zero-order chi connectivity index (χ0) is 16.7. The van der Waals surface area contributed by atoms with Crippen LogP contribution in [0.15, 0.2) is 0 Å². The molecule has 1 aliphatic carbocycles. The highest BCUT2D eigenvalue weighted by molar-refractivity contribution is 6.09. The van der Waals surface area contributed by atoms with Crippen LogP contribution in [-0.4, -0.2) is 54.0 Å². The highest BCUT2D eigenvalue weighted by Crippen LogP contribution is 2.46. The summed E-state index contributed by atoms with van der Waals surface area (Å²) in [7, 11) is 2.80. The monoisotopic (exact) mass is 311 g/mol. The molecule has 1 aliphatic heterocycles. The number of nitrogens with one attached hydrogen (secondary N) is 1. The van der Waals surface area contributed by atoms with Gasteiger partial charge in [0, 0.05) is 7.05 Å². The number of rotatable bonds is 3. The van der Waals surface area contributed by atoms with Crippen LogP contribution in [-0.2, 0) is 14.4 Å². The third-order valence-corrected chi connectivity index (χ3v) is 4.54. The molecule has 22 heavy (non-hydrogen) atoms. The topological polar surface area (TPSA) is 79.0 Å². The molecule has 2 atom stereocenters. The molecule has 1 spiro atoms. The Labute approximate surface area is 130 Å². The largest absolute Gasteiger partial charge is 0.325 e. The number of hydroxylamine groups is 2. The van der Waals surface area contributed by atoms with Gasteiger partial charge in [-0.2, -0.15) is 0 Å². The molecule has 7 nitrogen and oxygen atoms in total. The van der Waals surface area contributed by atoms with E-state index < -0.39 is 17.5 Å². The maximum absolute atomic E-state index is 12.8. The molecule has 0 radical (unpaired) electrons. The maximum Gasteiger partial charge on any atom is 0.325 e. The van der Waals surface area contributed by atoms with Crippen molar-refractivity contribution in [1.82, 2.24) is 15.3 Å². The summed E-state index contributed by atoms with van der Waals surface area (Å²) in [4.78, 5) is 42.7. The molecule has 2 fully saturated rings. The molecule has 0 aromatic carbocycles. The van der Waals surface area contributed by atoms with Crippen molar-refractivity contribution in [1.29, 1.82) is 0 Å². The number of amides is 4. The zero-order valence-electron chi connectivity index (χ0n) is 13.9. The van der Waals surface area contributed by atoms with E-state index in [1.807, 2.05) is 0 Å². The Morgan fingerprint density at radius 1 is 1.41 bits per heavy atom. The highest BCUT2D eigenvalue weighted by atomic mass is 16.7. The van der Waals surface area contributed by atoms with Crippen molar-refractivity contribution in [3.05, 3.63) is 0 Å². The van der Waals surface area contributed by atoms with Gasteiger partial charge in [0.1, 0.15) is 12.1 Å². The van der Waals surface area contributed by atoms with Gasteiger partial charge in [0.05, 0.1) is 7.11 Å². The van der Waals surface area contributed by atoms with Crippen molar-refractivity contribution in [3.8, 4) is 0 Å². The average Bonchev–Trinajstić information content (AvgIpc) is 2.59. The van der Waals surface area contributed by atoms with Gasteiger partial charge >= 0.3 is 6.03 Å². The molecule has 1 saturated heterocycles. The molecule has 0 bridgehead atoms. The van der Waals surface area contributed by atoms with Crippen LogP contribution in [0.3, 0.4) is 0 Å². The fraction of sp³-hybridized carbons (Fsp3) is 0.800. The second-order valence-electron chi connectivity index (χ2n) is 7.33. The molecule has 2 rings (SSSR count). The van der Waals surface area contributed by atoms with Crippen molar-refractivity contribution in [2.45, 2.75) is 45.6 Å². The van der Waals surface area contributed by atoms with Crippen LogP contribution in [0.5, 0.6) is 0 Å². The van der Waals surface area contributed by atoms with Crippen molar-refractivity contribution in [3.63, 3.8) is 0 Å². The van der Waals surface area contributed by atoms with E-state index in [2.05, 4.69) is 26.1 Å². The van der Waals surface area contributed by atoms with E-state index in [0.29, 0.717) is 18.8 Å². The molecule has 7 heteroatoms. The highest BCUT2D eigenvalue weighted by Gasteiger charge is 2.56. The van der Waals surface area contributed by atoms with E-state index in [0.717, 1.165) is 16.4 Å². The van der Waals surface area contributed by atoms with Crippen LogP contribution < -0.4 is 5.32 Å². The van der Waals surface area contributed by atoms with E-state index in [9.17, 15) is 14.4 Å². The first-order valence-corrected chi connectivity index (χ1v) is 7.55. The average molecular weight is 311 g/mol. The van der Waals surface area contributed by atoms with Gasteiger partial charge in [0.2, 0.25) is 0 Å². The van der Waals surface area contributed by atoms with Gasteiger partial charge < -0.3 is 5.32 Å². The molecule has 1 saturated carbocycles. The number of urea groups is 1. The van der Waals surface area contributed by atoms with Gasteiger partial charge in [0.25, 0.3) is 11.8 Å². The first-order valence-electron chi connectivity index (χ1n) is 7.55. The van der Waals surface area contributed by atoms with Crippen LogP contribution in [0.25, 0.3) is 0 Å². The normalized spacial score (nSPS) is 30.6. The molecule has 4 amide bonds. The van der Waals surface area contributed by atoms with Crippen molar-refractivity contribution >= 4 is 17.8 Å². The Morgan fingerprint density at radius 3 is 2.59 bits per heavy atom. The van der Waals surface area contributed by atoms with Crippen LogP contribution in [0.4, 0.5) is 4.79 Å². The Balaban J connectivity index is 2.19. The summed E-state index contributed by atoms with van der Waals surface area (Å²) >= 11 is 0. The van der Waals surface area contributed by atoms with Gasteiger partial charge in [-0.1, -0.05) is 20.8 Å². The zero-order valence-corrected chi connectivity index (χ0v) is 13.9. The number of carbonyl (C=O) groups excluding carboxylic acids is 3. The number of carbonyl (C=O) groups is 3. The van der Waals surface area contributed by atoms with Gasteiger partial charge in [-0.15, -0.1) is 0 Å². The summed E-state index contributed by atoms with van der Waals surface area (Å²) < 4.78 is 0. The Kier molecular flexibility index (Phi) is 4.21. The Morgan fingerprint density at radius 2 is 2.05 bits per heavy atom. The minimum Gasteiger partial charge on any atom is -0.323 e. The molecule has 1 heterocycles. The number of nitrogens with zero attached hydrogens (tertiary/aromatic N) is 2. The summed E-state index contributed by atoms with van der Waals surface area (Å²) in [6, 6.07) is -0.493. The maximum atomic E-state index is 12.8. The Bertz CT molecular complexity index is 505. The number of likely N-dealkylation sites (N-methyl/N-ethyl adjacent to an activating group) is 1. The summed E-state index contributed by atoms with van der Waals surface area (Å²) in [5.74, 6) is -0.397. The van der Waals surface area contributed by atoms with E-state index >= 15 is 0 Å². The third-order valence-electron chi connectivity index (χ3n) is 4.54. The van der Waals surface area contributed by atoms with Crippen LogP contribution in [0.2, 0.25) is 0 Å². The van der Waals surface area contributed by atoms with E-state index in [-0.39, 0.29) is 17.9 Å². The quantitative estimate of drug-likeness (QED) is 0.626. The molecule has 2 unspecified atom stereocenters. The van der Waals surface area contributed by atoms with Gasteiger partial charge in [-0.25, -0.2) is 9.86 Å². The standard InChI is InChI=1S/C15H25N3O4/c1-10-6-14(2,3)9-15(7-10)12(20)18(13(21)16-15)8-11(19)17(4)22-5/h10H,6-9H2,1-5H3,(H,16,21). The van der Waals surface area contributed by atoms with Crippen LogP contribution in [0.1, 0.15) is 40.0 Å². The van der Waals surface area contributed by atoms with E-state index in [1.54, 1.807) is 0 Å². The number of hydrogen-bond acceptors (Lipinski definition) is 4. The molecule has 124 valence electrons. The summed E-state index contributed by atoms with van der Waals surface area (Å²) in [6.07, 6.45) is 2.23. The van der Waals surface area contributed by atoms with Crippen LogP contribution >= 0.6 is 0 Å². The third kappa shape index (κ3) is 2.95. The van der Waals surface area contributed by atoms with E-state index in [1.165, 1.54) is 14.2 Å². The first-order chi connectivity index (χ1) is 10.1. The predicted octanol–water partition coefficient (Wildman–Crippen LogP) is 1.14. The second-order valence-corrected chi connectivity index (χ2v) is 7.33. The summed E-state index contributed by atoms with van der Waals surface area (Å²) in [5, 5.41) is 3.86. The predicted molar refractivity (Wildman–Crippen MR) is 79.6 cm³/mol. The van der Waals surface area contributed by atoms with Crippen molar-refractivity contribution in [2.24, 2.45) is 11.3 Å². The summed E-state index contributed by atoms with van der Waals surface area (Å²) in [6.45, 7) is 6.01. The second kappa shape index (κ2) is 5.53. The lowest BCUT2D eigenvalue weighted by Crippen LogP contribution is -2.54. The fourth-order valence-corrected chi connectivity index (χ4v) is 3.99. The molecular weight excluding hydrogens is 286 g/mol. The lowest BCUT2D eigenvalue weighted by atomic mass is 9.64. The van der Waals surface area contributed by atoms with Gasteiger partial charge in [0.15, 0.2) is 0 Å². The first kappa shape index (κ1) is 16.7. The Hall–Kier alpha value is -1.63. The van der Waals surface area contributed by atoms with Gasteiger partial charge in [-0.3, -0.25) is 19.3 Å².